The Hall–Kier alpha value is -1.57. The van der Waals surface area contributed by atoms with Crippen molar-refractivity contribution in [1.82, 2.24) is 20.4 Å². The highest BCUT2D eigenvalue weighted by molar-refractivity contribution is 7.90. The zero-order valence-corrected chi connectivity index (χ0v) is 15.1. The predicted molar refractivity (Wildman–Crippen MR) is 90.1 cm³/mol. The molecule has 0 amide bonds. The van der Waals surface area contributed by atoms with Gasteiger partial charge in [-0.15, -0.1) is 0 Å². The van der Waals surface area contributed by atoms with Crippen LogP contribution in [0, 0.1) is 13.8 Å². The molecule has 0 saturated carbocycles. The largest absolute Gasteiger partial charge is 0.355 e. The van der Waals surface area contributed by atoms with E-state index in [1.807, 2.05) is 18.7 Å². The molecule has 0 aromatic carbocycles. The molecule has 1 heterocycles. The number of rotatable bonds is 6. The molecule has 1 rings (SSSR count). The van der Waals surface area contributed by atoms with E-state index in [-0.39, 0.29) is 11.8 Å². The topological polar surface area (TPSA) is 88.4 Å². The van der Waals surface area contributed by atoms with Crippen LogP contribution in [0.5, 0.6) is 0 Å². The minimum absolute atomic E-state index is 0.0862. The van der Waals surface area contributed by atoms with Crippen LogP contribution in [-0.4, -0.2) is 55.8 Å². The molecule has 7 nitrogen and oxygen atoms in total. The molecule has 1 atom stereocenters. The Kier molecular flexibility index (Phi) is 6.40. The van der Waals surface area contributed by atoms with Gasteiger partial charge < -0.3 is 10.6 Å². The van der Waals surface area contributed by atoms with Crippen LogP contribution < -0.4 is 10.6 Å². The molecule has 0 fully saturated rings. The number of hydrogen-bond donors (Lipinski definition) is 2. The van der Waals surface area contributed by atoms with Gasteiger partial charge in [0.05, 0.1) is 11.4 Å². The van der Waals surface area contributed by atoms with Crippen molar-refractivity contribution in [2.75, 3.05) is 25.6 Å². The Bertz CT molecular complexity index is 634. The number of hydrogen-bond acceptors (Lipinski definition) is 4. The molecule has 0 bridgehead atoms. The number of aliphatic imine (C=N–C) groups is 1. The van der Waals surface area contributed by atoms with E-state index in [1.165, 1.54) is 11.8 Å². The molecular weight excluding hydrogens is 302 g/mol. The van der Waals surface area contributed by atoms with Crippen molar-refractivity contribution in [2.45, 2.75) is 33.2 Å². The lowest BCUT2D eigenvalue weighted by atomic mass is 10.1. The molecule has 1 aromatic heterocycles. The summed E-state index contributed by atoms with van der Waals surface area (Å²) in [5.41, 5.74) is 3.42. The van der Waals surface area contributed by atoms with Gasteiger partial charge in [0.15, 0.2) is 5.96 Å². The standard InChI is InChI=1S/C14H27N5O2S/c1-10(9-13-11(2)18-19(5)12(13)3)17-14(15-4)16-7-8-22(6,20)21/h10H,7-9H2,1-6H3,(H2,15,16,17). The first-order valence-corrected chi connectivity index (χ1v) is 9.34. The lowest BCUT2D eigenvalue weighted by molar-refractivity contribution is 0.599. The summed E-state index contributed by atoms with van der Waals surface area (Å²) < 4.78 is 24.1. The van der Waals surface area contributed by atoms with Crippen molar-refractivity contribution in [3.63, 3.8) is 0 Å². The van der Waals surface area contributed by atoms with Gasteiger partial charge in [-0.05, 0) is 32.8 Å². The Labute approximate surface area is 133 Å². The molecule has 8 heteroatoms. The molecule has 2 N–H and O–H groups in total. The van der Waals surface area contributed by atoms with Gasteiger partial charge in [-0.2, -0.15) is 5.10 Å². The Balaban J connectivity index is 2.57. The van der Waals surface area contributed by atoms with Crippen LogP contribution >= 0.6 is 0 Å². The highest BCUT2D eigenvalue weighted by Gasteiger charge is 2.14. The van der Waals surface area contributed by atoms with E-state index in [2.05, 4.69) is 34.6 Å². The minimum Gasteiger partial charge on any atom is -0.355 e. The van der Waals surface area contributed by atoms with E-state index in [0.29, 0.717) is 12.5 Å². The quantitative estimate of drug-likeness (QED) is 0.574. The smallest absolute Gasteiger partial charge is 0.191 e. The van der Waals surface area contributed by atoms with Crippen LogP contribution in [0.25, 0.3) is 0 Å². The molecule has 0 spiro atoms. The first-order valence-electron chi connectivity index (χ1n) is 7.28. The minimum atomic E-state index is -2.97. The predicted octanol–water partition coefficient (Wildman–Crippen LogP) is 0.178. The molecule has 1 aromatic rings. The highest BCUT2D eigenvalue weighted by atomic mass is 32.2. The molecule has 0 saturated heterocycles. The number of nitrogens with one attached hydrogen (secondary N) is 2. The summed E-state index contributed by atoms with van der Waals surface area (Å²) in [5.74, 6) is 0.693. The van der Waals surface area contributed by atoms with Gasteiger partial charge in [0.25, 0.3) is 0 Å². The van der Waals surface area contributed by atoms with E-state index in [9.17, 15) is 8.42 Å². The van der Waals surface area contributed by atoms with Crippen LogP contribution in [0.15, 0.2) is 4.99 Å². The maximum atomic E-state index is 11.1. The molecule has 0 aliphatic carbocycles. The number of guanidine groups is 1. The third-order valence-electron chi connectivity index (χ3n) is 3.54. The zero-order chi connectivity index (χ0) is 16.9. The molecule has 126 valence electrons. The van der Waals surface area contributed by atoms with Gasteiger partial charge in [0.1, 0.15) is 9.84 Å². The van der Waals surface area contributed by atoms with Crippen molar-refractivity contribution in [3.8, 4) is 0 Å². The average molecular weight is 329 g/mol. The second-order valence-corrected chi connectivity index (χ2v) is 7.91. The van der Waals surface area contributed by atoms with E-state index in [4.69, 9.17) is 0 Å². The van der Waals surface area contributed by atoms with Crippen LogP contribution in [0.1, 0.15) is 23.9 Å². The number of nitrogens with zero attached hydrogens (tertiary/aromatic N) is 3. The molecule has 1 unspecified atom stereocenters. The van der Waals surface area contributed by atoms with Gasteiger partial charge in [-0.3, -0.25) is 9.67 Å². The van der Waals surface area contributed by atoms with Crippen molar-refractivity contribution in [1.29, 1.82) is 0 Å². The number of aromatic nitrogens is 2. The van der Waals surface area contributed by atoms with Crippen LogP contribution in [0.2, 0.25) is 0 Å². The number of sulfone groups is 1. The lowest BCUT2D eigenvalue weighted by Crippen LogP contribution is -2.44. The summed E-state index contributed by atoms with van der Waals surface area (Å²) in [7, 11) is 0.640. The SMILES string of the molecule is CN=C(NCCS(C)(=O)=O)NC(C)Cc1c(C)nn(C)c1C. The Morgan fingerprint density at radius 2 is 2.05 bits per heavy atom. The van der Waals surface area contributed by atoms with Gasteiger partial charge >= 0.3 is 0 Å². The van der Waals surface area contributed by atoms with Gasteiger partial charge in [-0.1, -0.05) is 0 Å². The van der Waals surface area contributed by atoms with Crippen molar-refractivity contribution in [2.24, 2.45) is 12.0 Å². The summed E-state index contributed by atoms with van der Waals surface area (Å²) in [6.07, 6.45) is 2.06. The Morgan fingerprint density at radius 1 is 1.41 bits per heavy atom. The van der Waals surface area contributed by atoms with Gasteiger partial charge in [0.2, 0.25) is 0 Å². The summed E-state index contributed by atoms with van der Waals surface area (Å²) in [6.45, 7) is 6.47. The summed E-state index contributed by atoms with van der Waals surface area (Å²) >= 11 is 0. The van der Waals surface area contributed by atoms with Gasteiger partial charge in [-0.25, -0.2) is 8.42 Å². The maximum absolute atomic E-state index is 11.1. The molecule has 0 radical (unpaired) electrons. The molecule has 0 aliphatic heterocycles. The van der Waals surface area contributed by atoms with Crippen LogP contribution in [-0.2, 0) is 23.3 Å². The first-order chi connectivity index (χ1) is 10.1. The highest BCUT2D eigenvalue weighted by Crippen LogP contribution is 2.13. The summed E-state index contributed by atoms with van der Waals surface area (Å²) in [4.78, 5) is 4.12. The fraction of sp³-hybridized carbons (Fsp3) is 0.714. The summed E-state index contributed by atoms with van der Waals surface area (Å²) in [6, 6.07) is 0.158. The second-order valence-electron chi connectivity index (χ2n) is 5.65. The third-order valence-corrected chi connectivity index (χ3v) is 4.49. The van der Waals surface area contributed by atoms with Crippen LogP contribution in [0.3, 0.4) is 0 Å². The fourth-order valence-corrected chi connectivity index (χ4v) is 2.73. The fourth-order valence-electron chi connectivity index (χ4n) is 2.25. The van der Waals surface area contributed by atoms with Gasteiger partial charge in [0, 0.05) is 38.6 Å². The first kappa shape index (κ1) is 18.5. The normalized spacial score (nSPS) is 14.0. The average Bonchev–Trinajstić information content (AvgIpc) is 2.63. The Morgan fingerprint density at radius 3 is 2.50 bits per heavy atom. The second kappa shape index (κ2) is 7.62. The number of aryl methyl sites for hydroxylation is 2. The van der Waals surface area contributed by atoms with Crippen molar-refractivity contribution in [3.05, 3.63) is 17.0 Å². The maximum Gasteiger partial charge on any atom is 0.191 e. The van der Waals surface area contributed by atoms with E-state index in [1.54, 1.807) is 7.05 Å². The molecular formula is C14H27N5O2S. The van der Waals surface area contributed by atoms with Crippen LogP contribution in [0.4, 0.5) is 0 Å². The lowest BCUT2D eigenvalue weighted by Gasteiger charge is -2.18. The summed E-state index contributed by atoms with van der Waals surface area (Å²) in [5, 5.41) is 10.7. The van der Waals surface area contributed by atoms with E-state index >= 15 is 0 Å². The molecule has 22 heavy (non-hydrogen) atoms. The third kappa shape index (κ3) is 5.67. The zero-order valence-electron chi connectivity index (χ0n) is 14.3. The van der Waals surface area contributed by atoms with Crippen molar-refractivity contribution < 1.29 is 8.42 Å². The molecule has 0 aliphatic rings. The monoisotopic (exact) mass is 329 g/mol. The van der Waals surface area contributed by atoms with E-state index in [0.717, 1.165) is 17.8 Å². The van der Waals surface area contributed by atoms with Crippen molar-refractivity contribution >= 4 is 15.8 Å². The van der Waals surface area contributed by atoms with E-state index < -0.39 is 9.84 Å².